The maximum Gasteiger partial charge on any atom is -0.147 e. The van der Waals surface area contributed by atoms with E-state index >= 15 is 0 Å². The number of rotatable bonds is 4. The molecule has 7 heteroatoms. The third-order valence-corrected chi connectivity index (χ3v) is 5.81. The summed E-state index contributed by atoms with van der Waals surface area (Å²) >= 11 is -1.09. The fraction of sp³-hybridized carbons (Fsp3) is 0.750. The molecule has 0 saturated carbocycles. The van der Waals surface area contributed by atoms with Gasteiger partial charge in [-0.15, -0.1) is 24.8 Å². The number of ether oxygens (including phenoxy) is 2. The van der Waals surface area contributed by atoms with Crippen molar-refractivity contribution in [3.05, 3.63) is 0 Å². The molecule has 15 heavy (non-hydrogen) atoms. The number of carbonyl (C=O) groups excluding carboxylic acids is 2. The number of hydrogen-bond donors (Lipinski definition) is 0. The van der Waals surface area contributed by atoms with Crippen LogP contribution in [-0.2, 0) is 19.1 Å². The van der Waals surface area contributed by atoms with Crippen molar-refractivity contribution in [1.82, 2.24) is 0 Å². The van der Waals surface area contributed by atoms with Gasteiger partial charge in [0.15, 0.2) is 0 Å². The Bertz CT molecular complexity index is 181. The van der Waals surface area contributed by atoms with Gasteiger partial charge in [0, 0.05) is 0 Å². The summed E-state index contributed by atoms with van der Waals surface area (Å²) in [6, 6.07) is 0. The molecule has 90 valence electrons. The van der Waals surface area contributed by atoms with Crippen LogP contribution in [0.15, 0.2) is 0 Å². The molecule has 0 aliphatic heterocycles. The van der Waals surface area contributed by atoms with Crippen LogP contribution in [0.25, 0.3) is 0 Å². The van der Waals surface area contributed by atoms with E-state index in [4.69, 9.17) is 0 Å². The quantitative estimate of drug-likeness (QED) is 0.559. The van der Waals surface area contributed by atoms with E-state index in [0.29, 0.717) is 0 Å². The van der Waals surface area contributed by atoms with Gasteiger partial charge in [-0.2, -0.15) is 0 Å². The Morgan fingerprint density at radius 3 is 1.40 bits per heavy atom. The van der Waals surface area contributed by atoms with Gasteiger partial charge < -0.3 is 0 Å². The smallest absolute Gasteiger partial charge is 0.147 e. The van der Waals surface area contributed by atoms with Crippen LogP contribution < -0.4 is 0 Å². The van der Waals surface area contributed by atoms with Crippen LogP contribution in [0.4, 0.5) is 0 Å². The predicted molar refractivity (Wildman–Crippen MR) is 63.1 cm³/mol. The van der Waals surface area contributed by atoms with Crippen molar-refractivity contribution >= 4 is 57.9 Å². The number of halogens is 2. The zero-order valence-electron chi connectivity index (χ0n) is 9.10. The normalized spacial score (nSPS) is 12.5. The fourth-order valence-corrected chi connectivity index (χ4v) is 4.45. The molecule has 0 amide bonds. The Hall–Kier alpha value is 0.319. The molecule has 0 rings (SSSR count). The number of methoxy groups -OCH3 is 2. The molecular formula is C8H16Cl2O4Sn. The molecule has 0 heterocycles. The Morgan fingerprint density at radius 1 is 0.933 bits per heavy atom. The summed E-state index contributed by atoms with van der Waals surface area (Å²) in [5.41, 5.74) is 0. The summed E-state index contributed by atoms with van der Waals surface area (Å²) in [4.78, 5) is 22.1. The third kappa shape index (κ3) is 8.16. The van der Waals surface area contributed by atoms with Crippen molar-refractivity contribution in [2.24, 2.45) is 0 Å². The SMILES string of the molecule is COC(=O)[CH](C)[Sn][CH](C)C(=O)OC.Cl.Cl. The largest absolute Gasteiger partial charge is 0.147 e. The molecule has 2 unspecified atom stereocenters. The molecule has 0 aromatic rings. The maximum absolute atomic E-state index is 11.0. The van der Waals surface area contributed by atoms with Crippen LogP contribution in [0.1, 0.15) is 13.8 Å². The van der Waals surface area contributed by atoms with Crippen molar-refractivity contribution in [2.75, 3.05) is 14.2 Å². The van der Waals surface area contributed by atoms with Crippen LogP contribution in [0.2, 0.25) is 7.87 Å². The van der Waals surface area contributed by atoms with Gasteiger partial charge in [0.1, 0.15) is 0 Å². The zero-order chi connectivity index (χ0) is 10.4. The van der Waals surface area contributed by atoms with Crippen molar-refractivity contribution in [3.8, 4) is 0 Å². The molecule has 2 radical (unpaired) electrons. The Labute approximate surface area is 112 Å². The molecule has 0 aromatic heterocycles. The molecule has 0 aromatic carbocycles. The minimum Gasteiger partial charge on any atom is -0.147 e. The van der Waals surface area contributed by atoms with Crippen molar-refractivity contribution < 1.29 is 19.1 Å². The third-order valence-electron chi connectivity index (χ3n) is 1.61. The first kappa shape index (κ1) is 20.7. The van der Waals surface area contributed by atoms with E-state index in [0.717, 1.165) is 0 Å². The number of hydrogen-bond acceptors (Lipinski definition) is 4. The summed E-state index contributed by atoms with van der Waals surface area (Å²) in [5.74, 6) is -0.440. The van der Waals surface area contributed by atoms with Gasteiger partial charge in [-0.05, 0) is 0 Å². The summed E-state index contributed by atoms with van der Waals surface area (Å²) in [5, 5.41) is 0. The van der Waals surface area contributed by atoms with Crippen LogP contribution in [0.5, 0.6) is 0 Å². The maximum atomic E-state index is 11.0. The Morgan fingerprint density at radius 2 is 1.20 bits per heavy atom. The minimum absolute atomic E-state index is 0. The summed E-state index contributed by atoms with van der Waals surface area (Å²) in [6.07, 6.45) is 0. The van der Waals surface area contributed by atoms with Crippen LogP contribution in [0.3, 0.4) is 0 Å². The van der Waals surface area contributed by atoms with Gasteiger partial charge in [-0.1, -0.05) is 0 Å². The van der Waals surface area contributed by atoms with E-state index in [1.54, 1.807) is 13.8 Å². The molecular weight excluding hydrogens is 350 g/mol. The van der Waals surface area contributed by atoms with Gasteiger partial charge in [0.05, 0.1) is 0 Å². The standard InChI is InChI=1S/2C4H7O2.2ClH.Sn/c2*1-3-4(5)6-2;;;/h2*3H,1-2H3;2*1H;. The van der Waals surface area contributed by atoms with Gasteiger partial charge in [0.2, 0.25) is 0 Å². The average Bonchev–Trinajstić information content (AvgIpc) is 2.14. The molecule has 0 saturated heterocycles. The zero-order valence-corrected chi connectivity index (χ0v) is 13.6. The molecule has 0 spiro atoms. The molecule has 0 fully saturated rings. The van der Waals surface area contributed by atoms with Crippen LogP contribution in [-0.4, -0.2) is 47.3 Å². The van der Waals surface area contributed by atoms with Gasteiger partial charge in [-0.25, -0.2) is 0 Å². The first-order valence-corrected chi connectivity index (χ1v) is 7.24. The van der Waals surface area contributed by atoms with Crippen LogP contribution >= 0.6 is 24.8 Å². The topological polar surface area (TPSA) is 52.6 Å². The van der Waals surface area contributed by atoms with Crippen molar-refractivity contribution in [3.63, 3.8) is 0 Å². The van der Waals surface area contributed by atoms with Crippen molar-refractivity contribution in [2.45, 2.75) is 21.7 Å². The van der Waals surface area contributed by atoms with Gasteiger partial charge in [-0.3, -0.25) is 0 Å². The predicted octanol–water partition coefficient (Wildman–Crippen LogP) is 1.50. The second-order valence-electron chi connectivity index (χ2n) is 2.66. The van der Waals surface area contributed by atoms with E-state index in [-0.39, 0.29) is 44.6 Å². The Kier molecular flexibility index (Phi) is 14.9. The summed E-state index contributed by atoms with van der Waals surface area (Å²) in [6.45, 7) is 3.61. The van der Waals surface area contributed by atoms with E-state index < -0.39 is 21.1 Å². The second kappa shape index (κ2) is 10.8. The second-order valence-corrected chi connectivity index (χ2v) is 8.55. The van der Waals surface area contributed by atoms with Gasteiger partial charge >= 0.3 is 88.1 Å². The van der Waals surface area contributed by atoms with Gasteiger partial charge in [0.25, 0.3) is 0 Å². The molecule has 0 bridgehead atoms. The summed E-state index contributed by atoms with van der Waals surface area (Å²) < 4.78 is 8.97. The van der Waals surface area contributed by atoms with Crippen LogP contribution in [0, 0.1) is 0 Å². The number of esters is 2. The molecule has 4 nitrogen and oxygen atoms in total. The number of carbonyl (C=O) groups is 2. The molecule has 2 atom stereocenters. The summed E-state index contributed by atoms with van der Waals surface area (Å²) in [7, 11) is 2.72. The van der Waals surface area contributed by atoms with Crippen molar-refractivity contribution in [1.29, 1.82) is 0 Å². The average molecular weight is 366 g/mol. The molecule has 0 aliphatic rings. The minimum atomic E-state index is -1.09. The molecule has 0 N–H and O–H groups in total. The molecule has 0 aliphatic carbocycles. The van der Waals surface area contributed by atoms with E-state index in [1.807, 2.05) is 0 Å². The fourth-order valence-electron chi connectivity index (χ4n) is 0.865. The monoisotopic (exact) mass is 366 g/mol. The Balaban J connectivity index is -0.000000720. The van der Waals surface area contributed by atoms with E-state index in [9.17, 15) is 9.59 Å². The first-order chi connectivity index (χ1) is 6.02. The van der Waals surface area contributed by atoms with E-state index in [2.05, 4.69) is 9.47 Å². The van der Waals surface area contributed by atoms with E-state index in [1.165, 1.54) is 14.2 Å². The first-order valence-electron chi connectivity index (χ1n) is 3.94.